The number of nitrogens with zero attached hydrogens (tertiary/aromatic N) is 1. The van der Waals surface area contributed by atoms with E-state index in [1.54, 1.807) is 6.92 Å². The molecule has 0 aliphatic carbocycles. The third-order valence-corrected chi connectivity index (χ3v) is 2.32. The van der Waals surface area contributed by atoms with Gasteiger partial charge >= 0.3 is 6.16 Å². The van der Waals surface area contributed by atoms with Crippen LogP contribution in [0.3, 0.4) is 0 Å². The highest BCUT2D eigenvalue weighted by molar-refractivity contribution is 5.70. The Morgan fingerprint density at radius 1 is 1.29 bits per heavy atom. The number of hydrogen-bond donors (Lipinski definition) is 0. The van der Waals surface area contributed by atoms with Gasteiger partial charge in [0, 0.05) is 6.08 Å². The Kier molecular flexibility index (Phi) is 5.99. The van der Waals surface area contributed by atoms with Gasteiger partial charge < -0.3 is 18.9 Å². The maximum Gasteiger partial charge on any atom is 0.514 e. The Morgan fingerprint density at radius 3 is 2.29 bits per heavy atom. The molecule has 1 rings (SSSR count). The smallest absolute Gasteiger partial charge is 0.493 e. The Bertz CT molecular complexity index is 528. The Morgan fingerprint density at radius 2 is 1.86 bits per heavy atom. The molecule has 0 unspecified atom stereocenters. The predicted octanol–water partition coefficient (Wildman–Crippen LogP) is 2.49. The van der Waals surface area contributed by atoms with Crippen molar-refractivity contribution in [2.24, 2.45) is 0 Å². The molecule has 0 atom stereocenters. The average molecular weight is 297 g/mol. The van der Waals surface area contributed by atoms with Crippen LogP contribution in [0.15, 0.2) is 18.3 Å². The van der Waals surface area contributed by atoms with E-state index >= 15 is 0 Å². The third kappa shape index (κ3) is 4.68. The van der Waals surface area contributed by atoms with Crippen LogP contribution < -0.4 is 14.2 Å². The number of benzene rings is 1. The second-order valence-electron chi connectivity index (χ2n) is 3.64. The first-order valence-electron chi connectivity index (χ1n) is 5.94. The molecule has 0 fully saturated rings. The van der Waals surface area contributed by atoms with E-state index in [0.717, 1.165) is 6.20 Å². The summed E-state index contributed by atoms with van der Waals surface area (Å²) in [5.41, 5.74) is 0.455. The Hall–Kier alpha value is -2.77. The van der Waals surface area contributed by atoms with Gasteiger partial charge in [-0.1, -0.05) is 0 Å². The van der Waals surface area contributed by atoms with Gasteiger partial charge in [0.1, 0.15) is 0 Å². The van der Waals surface area contributed by atoms with Gasteiger partial charge in [-0.3, -0.25) is 10.1 Å². The molecule has 0 saturated heterocycles. The molecule has 0 heterocycles. The summed E-state index contributed by atoms with van der Waals surface area (Å²) >= 11 is 0. The first-order chi connectivity index (χ1) is 10.0. The molecule has 0 amide bonds. The average Bonchev–Trinajstić information content (AvgIpc) is 2.45. The van der Waals surface area contributed by atoms with Crippen LogP contribution in [0.4, 0.5) is 4.79 Å². The van der Waals surface area contributed by atoms with Gasteiger partial charge in [-0.2, -0.15) is 0 Å². The molecule has 0 spiro atoms. The Balaban J connectivity index is 3.18. The van der Waals surface area contributed by atoms with Gasteiger partial charge in [0.2, 0.25) is 11.9 Å². The molecule has 0 bridgehead atoms. The van der Waals surface area contributed by atoms with E-state index in [2.05, 4.69) is 4.74 Å². The molecule has 21 heavy (non-hydrogen) atoms. The van der Waals surface area contributed by atoms with Crippen LogP contribution in [-0.4, -0.2) is 31.9 Å². The minimum absolute atomic E-state index is 0.0386. The summed E-state index contributed by atoms with van der Waals surface area (Å²) in [4.78, 5) is 21.1. The van der Waals surface area contributed by atoms with E-state index in [1.165, 1.54) is 32.4 Å². The van der Waals surface area contributed by atoms with Crippen LogP contribution in [0.1, 0.15) is 12.5 Å². The molecule has 1 aromatic rings. The van der Waals surface area contributed by atoms with Gasteiger partial charge in [-0.05, 0) is 24.6 Å². The standard InChI is InChI=1S/C13H15NO7/c1-4-20-13(15)21-12-10(18-2)7-9(5-6-14(16)17)8-11(12)19-3/h5-8H,4H2,1-3H3/b6-5+. The second kappa shape index (κ2) is 7.73. The summed E-state index contributed by atoms with van der Waals surface area (Å²) in [6.07, 6.45) is 1.14. The molecule has 0 aromatic heterocycles. The fraction of sp³-hybridized carbons (Fsp3) is 0.308. The largest absolute Gasteiger partial charge is 0.514 e. The molecule has 0 aliphatic heterocycles. The first kappa shape index (κ1) is 16.3. The van der Waals surface area contributed by atoms with Crippen LogP contribution in [-0.2, 0) is 4.74 Å². The van der Waals surface area contributed by atoms with Crippen LogP contribution in [0, 0.1) is 10.1 Å². The Labute approximate surface area is 121 Å². The molecule has 1 aromatic carbocycles. The number of carbonyl (C=O) groups excluding carboxylic acids is 1. The van der Waals surface area contributed by atoms with E-state index in [0.29, 0.717) is 5.56 Å². The number of rotatable bonds is 6. The molecular formula is C13H15NO7. The number of hydrogen-bond acceptors (Lipinski definition) is 7. The van der Waals surface area contributed by atoms with Crippen molar-refractivity contribution < 1.29 is 28.7 Å². The number of methoxy groups -OCH3 is 2. The fourth-order valence-corrected chi connectivity index (χ4v) is 1.47. The van der Waals surface area contributed by atoms with Crippen molar-refractivity contribution in [3.8, 4) is 17.2 Å². The lowest BCUT2D eigenvalue weighted by atomic mass is 10.2. The van der Waals surface area contributed by atoms with Crippen LogP contribution in [0.2, 0.25) is 0 Å². The minimum atomic E-state index is -0.900. The zero-order valence-corrected chi connectivity index (χ0v) is 11.8. The highest BCUT2D eigenvalue weighted by atomic mass is 16.7. The SMILES string of the molecule is CCOC(=O)Oc1c(OC)cc(/C=C/[N+](=O)[O-])cc1OC. The fourth-order valence-electron chi connectivity index (χ4n) is 1.47. The topological polar surface area (TPSA) is 97.1 Å². The van der Waals surface area contributed by atoms with Crippen molar-refractivity contribution in [3.63, 3.8) is 0 Å². The van der Waals surface area contributed by atoms with E-state index in [4.69, 9.17) is 14.2 Å². The van der Waals surface area contributed by atoms with Crippen LogP contribution in [0.25, 0.3) is 6.08 Å². The van der Waals surface area contributed by atoms with Crippen molar-refractivity contribution in [2.45, 2.75) is 6.92 Å². The predicted molar refractivity (Wildman–Crippen MR) is 73.2 cm³/mol. The highest BCUT2D eigenvalue weighted by Gasteiger charge is 2.18. The molecule has 114 valence electrons. The molecule has 8 heteroatoms. The zero-order chi connectivity index (χ0) is 15.8. The van der Waals surface area contributed by atoms with E-state index < -0.39 is 11.1 Å². The van der Waals surface area contributed by atoms with E-state index in [9.17, 15) is 14.9 Å². The summed E-state index contributed by atoms with van der Waals surface area (Å²) < 4.78 is 19.9. The lowest BCUT2D eigenvalue weighted by molar-refractivity contribution is -0.400. The van der Waals surface area contributed by atoms with Crippen molar-refractivity contribution in [3.05, 3.63) is 34.0 Å². The number of carbonyl (C=O) groups is 1. The van der Waals surface area contributed by atoms with Gasteiger partial charge in [-0.25, -0.2) is 4.79 Å². The summed E-state index contributed by atoms with van der Waals surface area (Å²) in [5.74, 6) is 0.410. The quantitative estimate of drug-likeness (QED) is 0.344. The normalized spacial score (nSPS) is 10.2. The van der Waals surface area contributed by atoms with E-state index in [-0.39, 0.29) is 23.9 Å². The van der Waals surface area contributed by atoms with Gasteiger partial charge in [0.15, 0.2) is 11.5 Å². The highest BCUT2D eigenvalue weighted by Crippen LogP contribution is 2.39. The third-order valence-electron chi connectivity index (χ3n) is 2.32. The summed E-state index contributed by atoms with van der Waals surface area (Å²) in [6, 6.07) is 2.94. The molecule has 0 radical (unpaired) electrons. The minimum Gasteiger partial charge on any atom is -0.493 e. The molecule has 0 N–H and O–H groups in total. The van der Waals surface area contributed by atoms with Crippen molar-refractivity contribution in [1.82, 2.24) is 0 Å². The van der Waals surface area contributed by atoms with Crippen molar-refractivity contribution in [1.29, 1.82) is 0 Å². The lowest BCUT2D eigenvalue weighted by Crippen LogP contribution is -2.11. The van der Waals surface area contributed by atoms with Crippen molar-refractivity contribution in [2.75, 3.05) is 20.8 Å². The maximum atomic E-state index is 11.4. The molecular weight excluding hydrogens is 282 g/mol. The van der Waals surface area contributed by atoms with Gasteiger partial charge in [0.25, 0.3) is 0 Å². The van der Waals surface area contributed by atoms with Crippen LogP contribution in [0.5, 0.6) is 17.2 Å². The molecule has 8 nitrogen and oxygen atoms in total. The molecule has 0 saturated carbocycles. The molecule has 0 aliphatic rings. The zero-order valence-electron chi connectivity index (χ0n) is 11.8. The maximum absolute atomic E-state index is 11.4. The monoisotopic (exact) mass is 297 g/mol. The van der Waals surface area contributed by atoms with Gasteiger partial charge in [-0.15, -0.1) is 0 Å². The van der Waals surface area contributed by atoms with Crippen LogP contribution >= 0.6 is 0 Å². The summed E-state index contributed by atoms with van der Waals surface area (Å²) in [6.45, 7) is 1.80. The number of ether oxygens (including phenoxy) is 4. The van der Waals surface area contributed by atoms with Gasteiger partial charge in [0.05, 0.1) is 25.7 Å². The van der Waals surface area contributed by atoms with E-state index in [1.807, 2.05) is 0 Å². The second-order valence-corrected chi connectivity index (χ2v) is 3.64. The number of nitro groups is 1. The lowest BCUT2D eigenvalue weighted by Gasteiger charge is -2.13. The first-order valence-corrected chi connectivity index (χ1v) is 5.94. The van der Waals surface area contributed by atoms with Crippen molar-refractivity contribution >= 4 is 12.2 Å². The summed E-state index contributed by atoms with van der Waals surface area (Å²) in [5, 5.41) is 10.3. The summed E-state index contributed by atoms with van der Waals surface area (Å²) in [7, 11) is 2.74.